The molecule has 0 aliphatic heterocycles. The van der Waals surface area contributed by atoms with Gasteiger partial charge in [0.25, 0.3) is 5.69 Å². The minimum atomic E-state index is -0.348. The number of hydrogen-bond donors (Lipinski definition) is 0. The molecule has 0 heterocycles. The molecule has 1 unspecified atom stereocenters. The average Bonchev–Trinajstić information content (AvgIpc) is 2.05. The van der Waals surface area contributed by atoms with E-state index in [0.29, 0.717) is 5.56 Å². The number of aryl methyl sites for hydroxylation is 1. The third-order valence-corrected chi connectivity index (χ3v) is 2.18. The van der Waals surface area contributed by atoms with Crippen LogP contribution in [0.2, 0.25) is 0 Å². The number of hydrogen-bond acceptors (Lipinski definition) is 2. The van der Waals surface area contributed by atoms with E-state index in [-0.39, 0.29) is 10.6 Å². The van der Waals surface area contributed by atoms with Crippen LogP contribution in [0.15, 0.2) is 18.2 Å². The molecule has 0 aliphatic rings. The SMILES string of the molecule is Cc1ccc(CP)cc1[N+](=O)[O-]. The van der Waals surface area contributed by atoms with Gasteiger partial charge in [-0.2, -0.15) is 0 Å². The number of nitrogens with zero attached hydrogens (tertiary/aromatic N) is 1. The summed E-state index contributed by atoms with van der Waals surface area (Å²) in [5.41, 5.74) is 1.88. The highest BCUT2D eigenvalue weighted by Crippen LogP contribution is 2.20. The Labute approximate surface area is 73.1 Å². The molecule has 0 N–H and O–H groups in total. The fraction of sp³-hybridized carbons (Fsp3) is 0.250. The maximum absolute atomic E-state index is 10.5. The lowest BCUT2D eigenvalue weighted by atomic mass is 10.1. The molecule has 0 aromatic heterocycles. The summed E-state index contributed by atoms with van der Waals surface area (Å²) in [5.74, 6) is 0. The van der Waals surface area contributed by atoms with E-state index in [1.54, 1.807) is 19.1 Å². The number of nitro benzene ring substituents is 1. The first-order valence-electron chi connectivity index (χ1n) is 3.59. The van der Waals surface area contributed by atoms with Crippen LogP contribution < -0.4 is 0 Å². The molecule has 0 amide bonds. The van der Waals surface area contributed by atoms with Gasteiger partial charge in [0.15, 0.2) is 0 Å². The van der Waals surface area contributed by atoms with Crippen molar-refractivity contribution >= 4 is 14.9 Å². The maximum atomic E-state index is 10.5. The van der Waals surface area contributed by atoms with Crippen LogP contribution in [0.1, 0.15) is 11.1 Å². The van der Waals surface area contributed by atoms with Gasteiger partial charge in [0.1, 0.15) is 0 Å². The molecule has 1 atom stereocenters. The van der Waals surface area contributed by atoms with E-state index in [1.165, 1.54) is 0 Å². The lowest BCUT2D eigenvalue weighted by Gasteiger charge is -1.99. The second-order valence-electron chi connectivity index (χ2n) is 2.58. The van der Waals surface area contributed by atoms with Gasteiger partial charge in [0.05, 0.1) is 4.92 Å². The maximum Gasteiger partial charge on any atom is 0.272 e. The Balaban J connectivity index is 3.17. The van der Waals surface area contributed by atoms with Crippen LogP contribution in [0.25, 0.3) is 0 Å². The van der Waals surface area contributed by atoms with Crippen molar-refractivity contribution < 1.29 is 4.92 Å². The number of benzene rings is 1. The Morgan fingerprint density at radius 1 is 1.58 bits per heavy atom. The molecular formula is C8H10NO2P. The van der Waals surface area contributed by atoms with Crippen LogP contribution in [0, 0.1) is 17.0 Å². The molecule has 1 rings (SSSR count). The molecule has 0 saturated carbocycles. The summed E-state index contributed by atoms with van der Waals surface area (Å²) in [7, 11) is 2.54. The quantitative estimate of drug-likeness (QED) is 0.401. The predicted octanol–water partition coefficient (Wildman–Crippen LogP) is 2.28. The predicted molar refractivity (Wildman–Crippen MR) is 51.2 cm³/mol. The van der Waals surface area contributed by atoms with Crippen molar-refractivity contribution in [1.82, 2.24) is 0 Å². The summed E-state index contributed by atoms with van der Waals surface area (Å²) in [6, 6.07) is 5.29. The first kappa shape index (κ1) is 9.14. The summed E-state index contributed by atoms with van der Waals surface area (Å²) in [4.78, 5) is 10.1. The average molecular weight is 183 g/mol. The molecule has 0 saturated heterocycles. The summed E-state index contributed by atoms with van der Waals surface area (Å²) in [6.07, 6.45) is 0.751. The van der Waals surface area contributed by atoms with Crippen molar-refractivity contribution in [3.05, 3.63) is 39.4 Å². The van der Waals surface area contributed by atoms with E-state index in [2.05, 4.69) is 9.24 Å². The Kier molecular flexibility index (Phi) is 2.77. The van der Waals surface area contributed by atoms with E-state index in [1.807, 2.05) is 6.07 Å². The van der Waals surface area contributed by atoms with E-state index in [9.17, 15) is 10.1 Å². The first-order chi connectivity index (χ1) is 5.65. The van der Waals surface area contributed by atoms with Crippen molar-refractivity contribution in [3.8, 4) is 0 Å². The highest BCUT2D eigenvalue weighted by atomic mass is 31.0. The summed E-state index contributed by atoms with van der Waals surface area (Å²) < 4.78 is 0. The zero-order chi connectivity index (χ0) is 9.14. The topological polar surface area (TPSA) is 43.1 Å². The number of nitro groups is 1. The highest BCUT2D eigenvalue weighted by molar-refractivity contribution is 7.15. The van der Waals surface area contributed by atoms with Crippen molar-refractivity contribution in [3.63, 3.8) is 0 Å². The fourth-order valence-electron chi connectivity index (χ4n) is 0.979. The standard InChI is InChI=1S/C8H10NO2P/c1-6-2-3-7(5-12)4-8(6)9(10)11/h2-4H,5,12H2,1H3. The second-order valence-corrected chi connectivity index (χ2v) is 2.99. The third kappa shape index (κ3) is 1.80. The minimum Gasteiger partial charge on any atom is -0.258 e. The summed E-state index contributed by atoms with van der Waals surface area (Å²) >= 11 is 0. The zero-order valence-electron chi connectivity index (χ0n) is 6.78. The van der Waals surface area contributed by atoms with Crippen molar-refractivity contribution in [2.24, 2.45) is 0 Å². The molecule has 3 nitrogen and oxygen atoms in total. The molecule has 12 heavy (non-hydrogen) atoms. The van der Waals surface area contributed by atoms with E-state index >= 15 is 0 Å². The van der Waals surface area contributed by atoms with Crippen LogP contribution >= 0.6 is 9.24 Å². The first-order valence-corrected chi connectivity index (χ1v) is 4.41. The van der Waals surface area contributed by atoms with Gasteiger partial charge in [-0.1, -0.05) is 12.1 Å². The van der Waals surface area contributed by atoms with Crippen LogP contribution in [0.5, 0.6) is 0 Å². The molecule has 4 heteroatoms. The van der Waals surface area contributed by atoms with Crippen molar-refractivity contribution in [2.45, 2.75) is 13.1 Å². The number of rotatable bonds is 2. The lowest BCUT2D eigenvalue weighted by Crippen LogP contribution is -1.92. The highest BCUT2D eigenvalue weighted by Gasteiger charge is 2.09. The molecule has 64 valence electrons. The van der Waals surface area contributed by atoms with Crippen LogP contribution in [0.4, 0.5) is 5.69 Å². The molecular weight excluding hydrogens is 173 g/mol. The third-order valence-electron chi connectivity index (χ3n) is 1.71. The molecule has 1 aromatic carbocycles. The Morgan fingerprint density at radius 3 is 2.75 bits per heavy atom. The van der Waals surface area contributed by atoms with Gasteiger partial charge in [-0.05, 0) is 18.6 Å². The molecule has 1 aromatic rings. The Hall–Kier alpha value is -0.950. The molecule has 0 bridgehead atoms. The monoisotopic (exact) mass is 183 g/mol. The van der Waals surface area contributed by atoms with Crippen molar-refractivity contribution in [1.29, 1.82) is 0 Å². The zero-order valence-corrected chi connectivity index (χ0v) is 7.93. The van der Waals surface area contributed by atoms with Gasteiger partial charge < -0.3 is 0 Å². The molecule has 0 radical (unpaired) electrons. The molecule has 0 fully saturated rings. The fourth-order valence-corrected chi connectivity index (χ4v) is 1.23. The van der Waals surface area contributed by atoms with Crippen LogP contribution in [0.3, 0.4) is 0 Å². The van der Waals surface area contributed by atoms with E-state index in [4.69, 9.17) is 0 Å². The van der Waals surface area contributed by atoms with Crippen molar-refractivity contribution in [2.75, 3.05) is 0 Å². The van der Waals surface area contributed by atoms with Gasteiger partial charge in [-0.3, -0.25) is 10.1 Å². The van der Waals surface area contributed by atoms with Gasteiger partial charge in [-0.25, -0.2) is 0 Å². The normalized spacial score (nSPS) is 9.83. The van der Waals surface area contributed by atoms with Gasteiger partial charge in [0, 0.05) is 11.6 Å². The van der Waals surface area contributed by atoms with E-state index in [0.717, 1.165) is 11.7 Å². The largest absolute Gasteiger partial charge is 0.272 e. The lowest BCUT2D eigenvalue weighted by molar-refractivity contribution is -0.385. The van der Waals surface area contributed by atoms with Gasteiger partial charge >= 0.3 is 0 Å². The summed E-state index contributed by atoms with van der Waals surface area (Å²) in [6.45, 7) is 1.74. The van der Waals surface area contributed by atoms with Gasteiger partial charge in [0.2, 0.25) is 0 Å². The Bertz CT molecular complexity index is 312. The van der Waals surface area contributed by atoms with Crippen LogP contribution in [-0.4, -0.2) is 4.92 Å². The summed E-state index contributed by atoms with van der Waals surface area (Å²) in [5, 5.41) is 10.5. The van der Waals surface area contributed by atoms with Gasteiger partial charge in [-0.15, -0.1) is 9.24 Å². The van der Waals surface area contributed by atoms with Crippen LogP contribution in [-0.2, 0) is 6.16 Å². The molecule has 0 spiro atoms. The Morgan fingerprint density at radius 2 is 2.25 bits per heavy atom. The minimum absolute atomic E-state index is 0.204. The molecule has 0 aliphatic carbocycles. The van der Waals surface area contributed by atoms with E-state index < -0.39 is 0 Å². The second kappa shape index (κ2) is 3.63. The smallest absolute Gasteiger partial charge is 0.258 e.